The third-order valence-corrected chi connectivity index (χ3v) is 4.09. The van der Waals surface area contributed by atoms with Crippen LogP contribution in [0.3, 0.4) is 0 Å². The fraction of sp³-hybridized carbons (Fsp3) is 0.125. The van der Waals surface area contributed by atoms with Crippen molar-refractivity contribution in [1.82, 2.24) is 20.3 Å². The topological polar surface area (TPSA) is 100 Å². The maximum atomic E-state index is 12.1. The van der Waals surface area contributed by atoms with Crippen molar-refractivity contribution in [3.8, 4) is 5.75 Å². The number of carbonyl (C=O) groups is 1. The van der Waals surface area contributed by atoms with Crippen LogP contribution in [0, 0.1) is 0 Å². The highest BCUT2D eigenvalue weighted by molar-refractivity contribution is 7.17. The van der Waals surface area contributed by atoms with Crippen LogP contribution < -0.4 is 10.6 Å². The number of aromatic nitrogens is 3. The van der Waals surface area contributed by atoms with Gasteiger partial charge in [0.25, 0.3) is 5.91 Å². The van der Waals surface area contributed by atoms with Crippen LogP contribution in [-0.4, -0.2) is 32.5 Å². The number of rotatable bonds is 6. The standard InChI is InChI=1S/C16H15N5O2S/c22-12-3-1-11(2-4-12)5-8-18-15(23)13-9-19-16(24-13)21-14-6-7-17-10-20-14/h1-4,6-7,9-10,22H,5,8H2,(H,18,23)(H,17,19,20,21). The molecule has 0 unspecified atom stereocenters. The first-order chi connectivity index (χ1) is 11.7. The number of phenolic OH excluding ortho intramolecular Hbond substituents is 1. The highest BCUT2D eigenvalue weighted by Crippen LogP contribution is 2.21. The molecule has 2 heterocycles. The predicted molar refractivity (Wildman–Crippen MR) is 91.6 cm³/mol. The largest absolute Gasteiger partial charge is 0.508 e. The quantitative estimate of drug-likeness (QED) is 0.636. The summed E-state index contributed by atoms with van der Waals surface area (Å²) in [7, 11) is 0. The van der Waals surface area contributed by atoms with Gasteiger partial charge in [-0.3, -0.25) is 4.79 Å². The maximum absolute atomic E-state index is 12.1. The summed E-state index contributed by atoms with van der Waals surface area (Å²) in [5.41, 5.74) is 1.04. The Morgan fingerprint density at radius 2 is 2.00 bits per heavy atom. The second-order valence-corrected chi connectivity index (χ2v) is 5.95. The summed E-state index contributed by atoms with van der Waals surface area (Å²) in [4.78, 5) is 24.7. The van der Waals surface area contributed by atoms with Gasteiger partial charge in [-0.05, 0) is 30.2 Å². The van der Waals surface area contributed by atoms with Crippen LogP contribution in [0.15, 0.2) is 49.1 Å². The molecule has 122 valence electrons. The van der Waals surface area contributed by atoms with E-state index in [0.717, 1.165) is 5.56 Å². The van der Waals surface area contributed by atoms with Crippen molar-refractivity contribution in [2.24, 2.45) is 0 Å². The van der Waals surface area contributed by atoms with Crippen molar-refractivity contribution in [2.75, 3.05) is 11.9 Å². The molecule has 3 rings (SSSR count). The number of phenols is 1. The van der Waals surface area contributed by atoms with Crippen LogP contribution in [0.4, 0.5) is 10.9 Å². The smallest absolute Gasteiger partial charge is 0.263 e. The number of amides is 1. The van der Waals surface area contributed by atoms with E-state index in [2.05, 4.69) is 25.6 Å². The van der Waals surface area contributed by atoms with Crippen LogP contribution in [0.25, 0.3) is 0 Å². The lowest BCUT2D eigenvalue weighted by atomic mass is 10.1. The molecule has 0 aliphatic rings. The highest BCUT2D eigenvalue weighted by Gasteiger charge is 2.10. The zero-order valence-electron chi connectivity index (χ0n) is 12.6. The Hall–Kier alpha value is -3.00. The van der Waals surface area contributed by atoms with Gasteiger partial charge in [0.15, 0.2) is 5.13 Å². The molecule has 0 aliphatic heterocycles. The third-order valence-electron chi connectivity index (χ3n) is 3.18. The van der Waals surface area contributed by atoms with Crippen LogP contribution in [0.1, 0.15) is 15.2 Å². The van der Waals surface area contributed by atoms with Gasteiger partial charge >= 0.3 is 0 Å². The van der Waals surface area contributed by atoms with Crippen LogP contribution in [-0.2, 0) is 6.42 Å². The molecule has 2 aromatic heterocycles. The molecule has 3 N–H and O–H groups in total. The highest BCUT2D eigenvalue weighted by atomic mass is 32.1. The maximum Gasteiger partial charge on any atom is 0.263 e. The normalized spacial score (nSPS) is 10.3. The molecule has 24 heavy (non-hydrogen) atoms. The molecule has 0 radical (unpaired) electrons. The average molecular weight is 341 g/mol. The molecular formula is C16H15N5O2S. The van der Waals surface area contributed by atoms with E-state index >= 15 is 0 Å². The molecule has 8 heteroatoms. The van der Waals surface area contributed by atoms with Gasteiger partial charge in [-0.2, -0.15) is 0 Å². The van der Waals surface area contributed by atoms with E-state index in [4.69, 9.17) is 0 Å². The first kappa shape index (κ1) is 15.9. The number of carbonyl (C=O) groups excluding carboxylic acids is 1. The number of hydrogen-bond acceptors (Lipinski definition) is 7. The molecule has 0 fully saturated rings. The summed E-state index contributed by atoms with van der Waals surface area (Å²) in [6, 6.07) is 8.64. The minimum absolute atomic E-state index is 0.165. The summed E-state index contributed by atoms with van der Waals surface area (Å²) in [5, 5.41) is 15.7. The molecule has 0 saturated heterocycles. The zero-order chi connectivity index (χ0) is 16.8. The lowest BCUT2D eigenvalue weighted by Gasteiger charge is -2.04. The Kier molecular flexibility index (Phi) is 4.97. The minimum Gasteiger partial charge on any atom is -0.508 e. The van der Waals surface area contributed by atoms with Crippen LogP contribution >= 0.6 is 11.3 Å². The van der Waals surface area contributed by atoms with Gasteiger partial charge in [-0.1, -0.05) is 23.5 Å². The van der Waals surface area contributed by atoms with Gasteiger partial charge in [0.05, 0.1) is 6.20 Å². The van der Waals surface area contributed by atoms with Crippen molar-refractivity contribution >= 4 is 28.2 Å². The summed E-state index contributed by atoms with van der Waals surface area (Å²) >= 11 is 1.26. The molecule has 1 aromatic carbocycles. The van der Waals surface area contributed by atoms with E-state index in [1.807, 2.05) is 12.1 Å². The van der Waals surface area contributed by atoms with Gasteiger partial charge in [0.2, 0.25) is 0 Å². The van der Waals surface area contributed by atoms with Crippen LogP contribution in [0.2, 0.25) is 0 Å². The Morgan fingerprint density at radius 3 is 2.75 bits per heavy atom. The summed E-state index contributed by atoms with van der Waals surface area (Å²) < 4.78 is 0. The van der Waals surface area contributed by atoms with Crippen molar-refractivity contribution < 1.29 is 9.90 Å². The van der Waals surface area contributed by atoms with Gasteiger partial charge in [-0.15, -0.1) is 0 Å². The fourth-order valence-corrected chi connectivity index (χ4v) is 2.72. The summed E-state index contributed by atoms with van der Waals surface area (Å²) in [6.07, 6.45) is 5.29. The monoisotopic (exact) mass is 341 g/mol. The molecule has 0 atom stereocenters. The fourth-order valence-electron chi connectivity index (χ4n) is 1.98. The second-order valence-electron chi connectivity index (χ2n) is 4.92. The third kappa shape index (κ3) is 4.26. The van der Waals surface area contributed by atoms with Gasteiger partial charge in [0, 0.05) is 12.7 Å². The zero-order valence-corrected chi connectivity index (χ0v) is 13.5. The minimum atomic E-state index is -0.165. The summed E-state index contributed by atoms with van der Waals surface area (Å²) in [6.45, 7) is 0.510. The molecule has 1 amide bonds. The Balaban J connectivity index is 1.51. The molecular weight excluding hydrogens is 326 g/mol. The van der Waals surface area contributed by atoms with E-state index in [1.165, 1.54) is 23.9 Å². The van der Waals surface area contributed by atoms with Crippen molar-refractivity contribution in [3.63, 3.8) is 0 Å². The van der Waals surface area contributed by atoms with E-state index in [0.29, 0.717) is 28.8 Å². The molecule has 7 nitrogen and oxygen atoms in total. The number of anilines is 2. The lowest BCUT2D eigenvalue weighted by Crippen LogP contribution is -2.24. The second kappa shape index (κ2) is 7.51. The Morgan fingerprint density at radius 1 is 1.17 bits per heavy atom. The Bertz CT molecular complexity index is 805. The molecule has 0 bridgehead atoms. The molecule has 3 aromatic rings. The average Bonchev–Trinajstić information content (AvgIpc) is 3.06. The number of aromatic hydroxyl groups is 1. The first-order valence-electron chi connectivity index (χ1n) is 7.26. The molecule has 0 saturated carbocycles. The van der Waals surface area contributed by atoms with Gasteiger partial charge in [0.1, 0.15) is 22.8 Å². The van der Waals surface area contributed by atoms with Gasteiger partial charge in [-0.25, -0.2) is 15.0 Å². The number of hydrogen-bond donors (Lipinski definition) is 3. The van der Waals surface area contributed by atoms with E-state index in [-0.39, 0.29) is 11.7 Å². The number of nitrogens with zero attached hydrogens (tertiary/aromatic N) is 3. The summed E-state index contributed by atoms with van der Waals surface area (Å²) in [5.74, 6) is 0.691. The SMILES string of the molecule is O=C(NCCc1ccc(O)cc1)c1cnc(Nc2ccncn2)s1. The van der Waals surface area contributed by atoms with E-state index in [1.54, 1.807) is 24.4 Å². The first-order valence-corrected chi connectivity index (χ1v) is 8.07. The van der Waals surface area contributed by atoms with Crippen molar-refractivity contribution in [3.05, 3.63) is 59.5 Å². The van der Waals surface area contributed by atoms with Crippen LogP contribution in [0.5, 0.6) is 5.75 Å². The Labute approximate surface area is 142 Å². The van der Waals surface area contributed by atoms with Crippen molar-refractivity contribution in [1.29, 1.82) is 0 Å². The lowest BCUT2D eigenvalue weighted by molar-refractivity contribution is 0.0958. The predicted octanol–water partition coefficient (Wildman–Crippen LogP) is 2.35. The molecule has 0 aliphatic carbocycles. The van der Waals surface area contributed by atoms with E-state index in [9.17, 15) is 9.90 Å². The number of benzene rings is 1. The number of thiazole rings is 1. The van der Waals surface area contributed by atoms with Crippen molar-refractivity contribution in [2.45, 2.75) is 6.42 Å². The van der Waals surface area contributed by atoms with E-state index < -0.39 is 0 Å². The van der Waals surface area contributed by atoms with Gasteiger partial charge < -0.3 is 15.7 Å². The molecule has 0 spiro atoms. The number of nitrogens with one attached hydrogen (secondary N) is 2.